The van der Waals surface area contributed by atoms with E-state index in [4.69, 9.17) is 5.73 Å². The quantitative estimate of drug-likeness (QED) is 0.547. The number of nitrogens with one attached hydrogen (secondary N) is 1. The summed E-state index contributed by atoms with van der Waals surface area (Å²) in [4.78, 5) is 10.6. The van der Waals surface area contributed by atoms with E-state index >= 15 is 0 Å². The number of nitrogen functional groups attached to an aromatic ring is 1. The number of hydrogen-bond acceptors (Lipinski definition) is 4. The molecule has 78 valence electrons. The van der Waals surface area contributed by atoms with Crippen LogP contribution in [0, 0.1) is 0 Å². The molecular formula is C8H11KN2O3S. The van der Waals surface area contributed by atoms with Gasteiger partial charge in [0.05, 0.1) is 4.90 Å². The van der Waals surface area contributed by atoms with Crippen LogP contribution in [0.15, 0.2) is 29.2 Å². The number of nitrogens with two attached hydrogens (primary N) is 1. The first-order valence-corrected chi connectivity index (χ1v) is 5.29. The molecule has 1 amide bonds. The molecule has 5 nitrogen and oxygen atoms in total. The third-order valence-corrected chi connectivity index (χ3v) is 2.92. The zero-order valence-corrected chi connectivity index (χ0v) is 8.34. The third-order valence-electron chi connectivity index (χ3n) is 1.47. The van der Waals surface area contributed by atoms with E-state index in [0.717, 1.165) is 6.92 Å². The molecular weight excluding hydrogens is 243 g/mol. The predicted octanol–water partition coefficient (Wildman–Crippen LogP) is -0.555. The molecule has 0 bridgehead atoms. The fourth-order valence-electron chi connectivity index (χ4n) is 0.895. The topological polar surface area (TPSA) is 89.3 Å². The number of anilines is 1. The molecule has 0 fully saturated rings. The summed E-state index contributed by atoms with van der Waals surface area (Å²) in [5.41, 5.74) is 5.85. The Labute approximate surface area is 131 Å². The first-order valence-electron chi connectivity index (χ1n) is 3.81. The van der Waals surface area contributed by atoms with Crippen molar-refractivity contribution in [3.05, 3.63) is 24.3 Å². The Balaban J connectivity index is 0.00000196. The van der Waals surface area contributed by atoms with Crippen molar-refractivity contribution < 1.29 is 13.2 Å². The standard InChI is InChI=1S/C8H10N2O3S.K.H/c1-6(11)10-14(12,13)8-4-2-7(9)3-5-8;;/h2-5H,9H2,1H3,(H,10,11);;. The Morgan fingerprint density at radius 2 is 1.73 bits per heavy atom. The van der Waals surface area contributed by atoms with Crippen molar-refractivity contribution in [1.82, 2.24) is 4.72 Å². The molecule has 7 heteroatoms. The van der Waals surface area contributed by atoms with Gasteiger partial charge in [-0.2, -0.15) is 0 Å². The molecule has 0 atom stereocenters. The summed E-state index contributed by atoms with van der Waals surface area (Å²) in [7, 11) is -3.73. The number of rotatable bonds is 2. The van der Waals surface area contributed by atoms with Crippen LogP contribution in [0.1, 0.15) is 6.92 Å². The van der Waals surface area contributed by atoms with Crippen molar-refractivity contribution in [1.29, 1.82) is 0 Å². The molecule has 3 N–H and O–H groups in total. The second-order valence-electron chi connectivity index (χ2n) is 2.73. The van der Waals surface area contributed by atoms with Crippen LogP contribution in [0.5, 0.6) is 0 Å². The summed E-state index contributed by atoms with van der Waals surface area (Å²) in [6.45, 7) is 1.13. The molecule has 0 saturated heterocycles. The second kappa shape index (κ2) is 5.97. The Hall–Kier alpha value is 0.0764. The molecule has 0 unspecified atom stereocenters. The Morgan fingerprint density at radius 3 is 2.13 bits per heavy atom. The molecule has 0 spiro atoms. The Bertz CT molecular complexity index is 441. The van der Waals surface area contributed by atoms with Gasteiger partial charge in [0, 0.05) is 12.6 Å². The molecule has 1 aromatic rings. The molecule has 1 aromatic carbocycles. The van der Waals surface area contributed by atoms with Crippen LogP contribution in [0.2, 0.25) is 0 Å². The normalized spacial score (nSPS) is 10.2. The van der Waals surface area contributed by atoms with E-state index in [1.54, 1.807) is 0 Å². The van der Waals surface area contributed by atoms with Crippen LogP contribution < -0.4 is 10.5 Å². The van der Waals surface area contributed by atoms with Crippen molar-refractivity contribution in [2.24, 2.45) is 0 Å². The van der Waals surface area contributed by atoms with Gasteiger partial charge in [0.15, 0.2) is 0 Å². The molecule has 15 heavy (non-hydrogen) atoms. The number of benzene rings is 1. The second-order valence-corrected chi connectivity index (χ2v) is 4.41. The summed E-state index contributed by atoms with van der Waals surface area (Å²) in [6.07, 6.45) is 0. The van der Waals surface area contributed by atoms with Crippen LogP contribution in [0.25, 0.3) is 0 Å². The fraction of sp³-hybridized carbons (Fsp3) is 0.125. The van der Waals surface area contributed by atoms with E-state index in [-0.39, 0.29) is 56.3 Å². The Morgan fingerprint density at radius 1 is 1.27 bits per heavy atom. The minimum absolute atomic E-state index is 0. The van der Waals surface area contributed by atoms with E-state index in [1.165, 1.54) is 24.3 Å². The number of hydrogen-bond donors (Lipinski definition) is 2. The average molecular weight is 254 g/mol. The third kappa shape index (κ3) is 4.62. The maximum atomic E-state index is 11.4. The Kier molecular flexibility index (Phi) is 6.00. The van der Waals surface area contributed by atoms with Gasteiger partial charge in [0.2, 0.25) is 5.91 Å². The van der Waals surface area contributed by atoms with E-state index in [1.807, 2.05) is 4.72 Å². The zero-order valence-electron chi connectivity index (χ0n) is 7.52. The van der Waals surface area contributed by atoms with Crippen molar-refractivity contribution in [3.8, 4) is 0 Å². The molecule has 0 aliphatic carbocycles. The van der Waals surface area contributed by atoms with Crippen molar-refractivity contribution in [2.75, 3.05) is 5.73 Å². The number of carbonyl (C=O) groups excluding carboxylic acids is 1. The summed E-state index contributed by atoms with van der Waals surface area (Å²) in [6, 6.07) is 5.57. The molecule has 0 aromatic heterocycles. The van der Waals surface area contributed by atoms with Crippen LogP contribution in [-0.2, 0) is 14.8 Å². The average Bonchev–Trinajstić information content (AvgIpc) is 2.02. The first kappa shape index (κ1) is 15.1. The first-order chi connectivity index (χ1) is 6.42. The summed E-state index contributed by atoms with van der Waals surface area (Å²) in [5, 5.41) is 0. The molecule has 0 saturated carbocycles. The molecule has 0 radical (unpaired) electrons. The zero-order chi connectivity index (χ0) is 10.8. The van der Waals surface area contributed by atoms with Gasteiger partial charge in [-0.05, 0) is 24.3 Å². The van der Waals surface area contributed by atoms with Gasteiger partial charge in [0.1, 0.15) is 0 Å². The maximum absolute atomic E-state index is 11.4. The fourth-order valence-corrected chi connectivity index (χ4v) is 1.89. The van der Waals surface area contributed by atoms with Gasteiger partial charge < -0.3 is 5.73 Å². The van der Waals surface area contributed by atoms with Gasteiger partial charge in [0.25, 0.3) is 10.0 Å². The van der Waals surface area contributed by atoms with Gasteiger partial charge >= 0.3 is 51.4 Å². The van der Waals surface area contributed by atoms with Crippen LogP contribution in [0.3, 0.4) is 0 Å². The summed E-state index contributed by atoms with van der Waals surface area (Å²) in [5.74, 6) is -0.623. The van der Waals surface area contributed by atoms with E-state index < -0.39 is 15.9 Å². The summed E-state index contributed by atoms with van der Waals surface area (Å²) < 4.78 is 24.6. The van der Waals surface area contributed by atoms with E-state index in [0.29, 0.717) is 5.69 Å². The molecule has 0 aliphatic heterocycles. The molecule has 0 heterocycles. The molecule has 0 aliphatic rings. The van der Waals surface area contributed by atoms with Crippen molar-refractivity contribution in [2.45, 2.75) is 11.8 Å². The van der Waals surface area contributed by atoms with Gasteiger partial charge in [-0.15, -0.1) is 0 Å². The molecule has 1 rings (SSSR count). The van der Waals surface area contributed by atoms with Gasteiger partial charge in [-0.3, -0.25) is 4.79 Å². The van der Waals surface area contributed by atoms with E-state index in [9.17, 15) is 13.2 Å². The number of sulfonamides is 1. The van der Waals surface area contributed by atoms with Crippen molar-refractivity contribution >= 4 is 73.0 Å². The SMILES string of the molecule is CC(=O)NS(=O)(=O)c1ccc(N)cc1.[KH]. The van der Waals surface area contributed by atoms with Crippen LogP contribution in [0.4, 0.5) is 5.69 Å². The van der Waals surface area contributed by atoms with Crippen LogP contribution in [-0.4, -0.2) is 65.7 Å². The monoisotopic (exact) mass is 254 g/mol. The van der Waals surface area contributed by atoms with Crippen LogP contribution >= 0.6 is 0 Å². The minimum atomic E-state index is -3.73. The van der Waals surface area contributed by atoms with Gasteiger partial charge in [-0.1, -0.05) is 0 Å². The number of carbonyl (C=O) groups is 1. The van der Waals surface area contributed by atoms with Crippen molar-refractivity contribution in [3.63, 3.8) is 0 Å². The summed E-state index contributed by atoms with van der Waals surface area (Å²) >= 11 is 0. The van der Waals surface area contributed by atoms with E-state index in [2.05, 4.69) is 0 Å². The van der Waals surface area contributed by atoms with Gasteiger partial charge in [-0.25, -0.2) is 13.1 Å². The predicted molar refractivity (Wildman–Crippen MR) is 59.0 cm³/mol. The number of amides is 1.